The highest BCUT2D eigenvalue weighted by atomic mass is 19.1. The third-order valence-corrected chi connectivity index (χ3v) is 3.75. The van der Waals surface area contributed by atoms with Gasteiger partial charge in [0.1, 0.15) is 0 Å². The van der Waals surface area contributed by atoms with Crippen molar-refractivity contribution in [2.24, 2.45) is 0 Å². The van der Waals surface area contributed by atoms with Crippen molar-refractivity contribution in [3.05, 3.63) is 41.8 Å². The topological polar surface area (TPSA) is 68.5 Å². The molecule has 1 amide bonds. The van der Waals surface area contributed by atoms with Crippen molar-refractivity contribution in [1.82, 2.24) is 15.0 Å². The van der Waals surface area contributed by atoms with E-state index >= 15 is 0 Å². The molecular formula is C16H18FN3O3. The first kappa shape index (κ1) is 15.5. The predicted octanol–water partition coefficient (Wildman–Crippen LogP) is 2.34. The van der Waals surface area contributed by atoms with E-state index in [2.05, 4.69) is 10.1 Å². The monoisotopic (exact) mass is 319 g/mol. The Labute approximate surface area is 133 Å². The summed E-state index contributed by atoms with van der Waals surface area (Å²) in [6.45, 7) is 4.82. The number of carbonyl (C=O) groups excluding carboxylic acids is 1. The molecule has 0 N–H and O–H groups in total. The first-order chi connectivity index (χ1) is 11.0. The molecule has 0 unspecified atom stereocenters. The highest BCUT2D eigenvalue weighted by Gasteiger charge is 2.35. The lowest BCUT2D eigenvalue weighted by Gasteiger charge is -2.36. The molecular weight excluding hydrogens is 301 g/mol. The van der Waals surface area contributed by atoms with Crippen LogP contribution < -0.4 is 4.74 Å². The molecule has 0 spiro atoms. The summed E-state index contributed by atoms with van der Waals surface area (Å²) in [6.07, 6.45) is 0. The van der Waals surface area contributed by atoms with Crippen molar-refractivity contribution >= 4 is 5.91 Å². The van der Waals surface area contributed by atoms with Crippen LogP contribution in [-0.4, -0.2) is 40.6 Å². The molecule has 0 radical (unpaired) electrons. The van der Waals surface area contributed by atoms with Gasteiger partial charge in [-0.15, -0.1) is 0 Å². The fraction of sp³-hybridized carbons (Fsp3) is 0.438. The second-order valence-corrected chi connectivity index (χ2v) is 5.86. The number of rotatable bonds is 5. The zero-order valence-corrected chi connectivity index (χ0v) is 13.0. The molecule has 3 rings (SSSR count). The van der Waals surface area contributed by atoms with Crippen LogP contribution >= 0.6 is 0 Å². The number of benzene rings is 1. The molecule has 0 aliphatic carbocycles. The second kappa shape index (κ2) is 6.36. The zero-order valence-electron chi connectivity index (χ0n) is 13.0. The van der Waals surface area contributed by atoms with Gasteiger partial charge in [-0.3, -0.25) is 4.79 Å². The normalized spacial score (nSPS) is 14.9. The van der Waals surface area contributed by atoms with Gasteiger partial charge in [-0.1, -0.05) is 31.1 Å². The average Bonchev–Trinajstić information content (AvgIpc) is 2.94. The van der Waals surface area contributed by atoms with E-state index in [1.807, 2.05) is 13.8 Å². The Morgan fingerprint density at radius 3 is 2.83 bits per heavy atom. The lowest BCUT2D eigenvalue weighted by Crippen LogP contribution is -2.50. The molecule has 2 aromatic rings. The molecule has 6 nitrogen and oxygen atoms in total. The Bertz CT molecular complexity index is 695. The first-order valence-electron chi connectivity index (χ1n) is 7.53. The Morgan fingerprint density at radius 1 is 1.43 bits per heavy atom. The van der Waals surface area contributed by atoms with Crippen molar-refractivity contribution in [3.8, 4) is 5.75 Å². The molecule has 0 bridgehead atoms. The lowest BCUT2D eigenvalue weighted by atomic mass is 10.00. The molecule has 7 heteroatoms. The number of likely N-dealkylation sites (tertiary alicyclic amines) is 1. The van der Waals surface area contributed by atoms with Gasteiger partial charge in [-0.25, -0.2) is 4.39 Å². The maximum atomic E-state index is 13.4. The summed E-state index contributed by atoms with van der Waals surface area (Å²) in [5.74, 6) is 0.922. The van der Waals surface area contributed by atoms with Crippen LogP contribution in [0.1, 0.15) is 37.4 Å². The van der Waals surface area contributed by atoms with E-state index in [1.165, 1.54) is 12.1 Å². The van der Waals surface area contributed by atoms with Gasteiger partial charge in [0.05, 0.1) is 5.92 Å². The van der Waals surface area contributed by atoms with Gasteiger partial charge in [-0.2, -0.15) is 4.98 Å². The number of nitrogens with zero attached hydrogens (tertiary/aromatic N) is 3. The maximum Gasteiger partial charge on any atom is 0.260 e. The van der Waals surface area contributed by atoms with Crippen LogP contribution in [0.5, 0.6) is 5.75 Å². The summed E-state index contributed by atoms with van der Waals surface area (Å²) in [5, 5.41) is 3.92. The van der Waals surface area contributed by atoms with E-state index in [9.17, 15) is 9.18 Å². The number of ether oxygens (including phenoxy) is 1. The van der Waals surface area contributed by atoms with Crippen molar-refractivity contribution in [3.63, 3.8) is 0 Å². The molecule has 1 aromatic heterocycles. The van der Waals surface area contributed by atoms with Crippen LogP contribution in [0.3, 0.4) is 0 Å². The van der Waals surface area contributed by atoms with Crippen LogP contribution in [0.4, 0.5) is 4.39 Å². The molecule has 1 aromatic carbocycles. The SMILES string of the molecule is CC(C)c1noc(C2CN(C(=O)COc3ccccc3F)C2)n1. The van der Waals surface area contributed by atoms with E-state index in [1.54, 1.807) is 17.0 Å². The molecule has 122 valence electrons. The number of hydrogen-bond acceptors (Lipinski definition) is 5. The van der Waals surface area contributed by atoms with Gasteiger partial charge in [0.25, 0.3) is 5.91 Å². The van der Waals surface area contributed by atoms with E-state index in [4.69, 9.17) is 9.26 Å². The van der Waals surface area contributed by atoms with Crippen molar-refractivity contribution < 1.29 is 18.4 Å². The summed E-state index contributed by atoms with van der Waals surface area (Å²) >= 11 is 0. The quantitative estimate of drug-likeness (QED) is 0.846. The number of amides is 1. The minimum absolute atomic E-state index is 0.0624. The zero-order chi connectivity index (χ0) is 16.4. The highest BCUT2D eigenvalue weighted by molar-refractivity contribution is 5.78. The summed E-state index contributed by atoms with van der Waals surface area (Å²) in [6, 6.07) is 6.01. The second-order valence-electron chi connectivity index (χ2n) is 5.86. The summed E-state index contributed by atoms with van der Waals surface area (Å²) in [7, 11) is 0. The smallest absolute Gasteiger partial charge is 0.260 e. The lowest BCUT2D eigenvalue weighted by molar-refractivity contribution is -0.138. The van der Waals surface area contributed by atoms with Gasteiger partial charge < -0.3 is 14.2 Å². The third kappa shape index (κ3) is 3.33. The molecule has 1 fully saturated rings. The number of halogens is 1. The Morgan fingerprint density at radius 2 is 2.17 bits per heavy atom. The minimum Gasteiger partial charge on any atom is -0.481 e. The number of aromatic nitrogens is 2. The predicted molar refractivity (Wildman–Crippen MR) is 79.6 cm³/mol. The molecule has 1 aliphatic heterocycles. The molecule has 23 heavy (non-hydrogen) atoms. The van der Waals surface area contributed by atoms with Crippen LogP contribution in [0, 0.1) is 5.82 Å². The number of carbonyl (C=O) groups is 1. The van der Waals surface area contributed by atoms with E-state index in [0.717, 1.165) is 0 Å². The van der Waals surface area contributed by atoms with Gasteiger partial charge in [0.15, 0.2) is 24.0 Å². The van der Waals surface area contributed by atoms with Gasteiger partial charge in [0.2, 0.25) is 5.89 Å². The highest BCUT2D eigenvalue weighted by Crippen LogP contribution is 2.27. The fourth-order valence-corrected chi connectivity index (χ4v) is 2.28. The number of hydrogen-bond donors (Lipinski definition) is 0. The van der Waals surface area contributed by atoms with Crippen molar-refractivity contribution in [2.75, 3.05) is 19.7 Å². The van der Waals surface area contributed by atoms with E-state index in [-0.39, 0.29) is 30.1 Å². The summed E-state index contributed by atoms with van der Waals surface area (Å²) < 4.78 is 23.8. The van der Waals surface area contributed by atoms with Gasteiger partial charge in [0, 0.05) is 19.0 Å². The molecule has 1 aliphatic rings. The van der Waals surface area contributed by atoms with Crippen LogP contribution in [-0.2, 0) is 4.79 Å². The molecule has 1 saturated heterocycles. The maximum absolute atomic E-state index is 13.4. The molecule has 0 saturated carbocycles. The average molecular weight is 319 g/mol. The largest absolute Gasteiger partial charge is 0.481 e. The molecule has 2 heterocycles. The first-order valence-corrected chi connectivity index (χ1v) is 7.53. The van der Waals surface area contributed by atoms with Crippen molar-refractivity contribution in [2.45, 2.75) is 25.7 Å². The summed E-state index contributed by atoms with van der Waals surface area (Å²) in [4.78, 5) is 18.0. The fourth-order valence-electron chi connectivity index (χ4n) is 2.28. The van der Waals surface area contributed by atoms with E-state index in [0.29, 0.717) is 24.8 Å². The third-order valence-electron chi connectivity index (χ3n) is 3.75. The Balaban J connectivity index is 1.49. The summed E-state index contributed by atoms with van der Waals surface area (Å²) in [5.41, 5.74) is 0. The standard InChI is InChI=1S/C16H18FN3O3/c1-10(2)15-18-16(23-19-15)11-7-20(8-11)14(21)9-22-13-6-4-3-5-12(13)17/h3-6,10-11H,7-9H2,1-2H3. The Kier molecular flexibility index (Phi) is 4.27. The van der Waals surface area contributed by atoms with Crippen molar-refractivity contribution in [1.29, 1.82) is 0 Å². The van der Waals surface area contributed by atoms with E-state index < -0.39 is 5.82 Å². The van der Waals surface area contributed by atoms with Crippen LogP contribution in [0.2, 0.25) is 0 Å². The Hall–Kier alpha value is -2.44. The van der Waals surface area contributed by atoms with Crippen LogP contribution in [0.15, 0.2) is 28.8 Å². The number of para-hydroxylation sites is 1. The minimum atomic E-state index is -0.478. The molecule has 0 atom stereocenters. The van der Waals surface area contributed by atoms with Crippen LogP contribution in [0.25, 0.3) is 0 Å². The van der Waals surface area contributed by atoms with Gasteiger partial charge in [-0.05, 0) is 12.1 Å². The van der Waals surface area contributed by atoms with Gasteiger partial charge >= 0.3 is 0 Å².